The zero-order valence-electron chi connectivity index (χ0n) is 45.9. The van der Waals surface area contributed by atoms with Crippen LogP contribution in [0, 0.1) is 0 Å². The SMILES string of the molecule is CC/C=C\C/C=C\C/C=C\C/C=C\C/C=C\CCCC(=O)NC(COP(=O)([O-])OCC[N+](C)(C)C)C(/C=C/CCCCCCCCCCCC)OC(=O)CCCCCCCCC/C=C\CCCCCC. The molecule has 0 aromatic carbocycles. The Morgan fingerprint density at radius 1 is 0.514 bits per heavy atom. The van der Waals surface area contributed by atoms with Gasteiger partial charge in [-0.1, -0.05) is 209 Å². The molecular formula is C60H107N2O7P. The summed E-state index contributed by atoms with van der Waals surface area (Å²) >= 11 is 0. The number of hydrogen-bond acceptors (Lipinski definition) is 7. The highest BCUT2D eigenvalue weighted by Gasteiger charge is 2.27. The molecule has 70 heavy (non-hydrogen) atoms. The van der Waals surface area contributed by atoms with Gasteiger partial charge in [-0.05, 0) is 96.0 Å². The number of likely N-dealkylation sites (N-methyl/N-ethyl adjacent to an activating group) is 1. The van der Waals surface area contributed by atoms with Gasteiger partial charge in [-0.3, -0.25) is 14.2 Å². The summed E-state index contributed by atoms with van der Waals surface area (Å²) in [5, 5.41) is 2.98. The van der Waals surface area contributed by atoms with Gasteiger partial charge in [0.25, 0.3) is 7.82 Å². The molecule has 0 fully saturated rings. The van der Waals surface area contributed by atoms with Gasteiger partial charge >= 0.3 is 5.97 Å². The molecule has 9 nitrogen and oxygen atoms in total. The molecule has 0 saturated carbocycles. The molecule has 0 aliphatic carbocycles. The van der Waals surface area contributed by atoms with E-state index in [1.807, 2.05) is 33.3 Å². The van der Waals surface area contributed by atoms with Crippen molar-refractivity contribution >= 4 is 19.7 Å². The first-order valence-corrected chi connectivity index (χ1v) is 29.9. The number of unbranched alkanes of at least 4 members (excludes halogenated alkanes) is 22. The van der Waals surface area contributed by atoms with Gasteiger partial charge in [0.1, 0.15) is 19.3 Å². The van der Waals surface area contributed by atoms with E-state index in [1.54, 1.807) is 0 Å². The van der Waals surface area contributed by atoms with Crippen LogP contribution in [-0.4, -0.2) is 69.4 Å². The van der Waals surface area contributed by atoms with Gasteiger partial charge in [0.05, 0.1) is 33.8 Å². The minimum atomic E-state index is -4.71. The van der Waals surface area contributed by atoms with E-state index in [4.69, 9.17) is 13.8 Å². The average molecular weight is 999 g/mol. The van der Waals surface area contributed by atoms with Crippen molar-refractivity contribution in [3.05, 3.63) is 85.1 Å². The summed E-state index contributed by atoms with van der Waals surface area (Å²) in [6.45, 7) is 6.65. The van der Waals surface area contributed by atoms with Crippen molar-refractivity contribution in [2.45, 2.75) is 245 Å². The molecule has 3 atom stereocenters. The lowest BCUT2D eigenvalue weighted by Crippen LogP contribution is -2.47. The van der Waals surface area contributed by atoms with Crippen LogP contribution in [0.15, 0.2) is 85.1 Å². The Morgan fingerprint density at radius 3 is 1.43 bits per heavy atom. The number of rotatable bonds is 50. The fourth-order valence-corrected chi connectivity index (χ4v) is 8.39. The zero-order valence-corrected chi connectivity index (χ0v) is 46.8. The lowest BCUT2D eigenvalue weighted by atomic mass is 10.1. The van der Waals surface area contributed by atoms with E-state index in [1.165, 1.54) is 103 Å². The predicted molar refractivity (Wildman–Crippen MR) is 298 cm³/mol. The number of carbonyl (C=O) groups excluding carboxylic acids is 2. The van der Waals surface area contributed by atoms with E-state index in [2.05, 4.69) is 99.0 Å². The van der Waals surface area contributed by atoms with Gasteiger partial charge in [0, 0.05) is 12.8 Å². The summed E-state index contributed by atoms with van der Waals surface area (Å²) in [6, 6.07) is -0.922. The van der Waals surface area contributed by atoms with E-state index in [-0.39, 0.29) is 31.3 Å². The maximum absolute atomic E-state index is 13.5. The van der Waals surface area contributed by atoms with Crippen LogP contribution in [0.1, 0.15) is 233 Å². The van der Waals surface area contributed by atoms with Crippen LogP contribution in [0.2, 0.25) is 0 Å². The molecule has 404 valence electrons. The Kier molecular flexibility index (Phi) is 47.8. The van der Waals surface area contributed by atoms with Crippen molar-refractivity contribution in [2.75, 3.05) is 40.9 Å². The van der Waals surface area contributed by atoms with E-state index in [0.717, 1.165) is 83.5 Å². The third kappa shape index (κ3) is 50.1. The van der Waals surface area contributed by atoms with Crippen LogP contribution in [0.4, 0.5) is 0 Å². The van der Waals surface area contributed by atoms with E-state index >= 15 is 0 Å². The largest absolute Gasteiger partial charge is 0.756 e. The molecule has 0 aromatic rings. The molecule has 0 spiro atoms. The first kappa shape index (κ1) is 67.2. The van der Waals surface area contributed by atoms with E-state index < -0.39 is 26.6 Å². The topological polar surface area (TPSA) is 114 Å². The first-order valence-electron chi connectivity index (χ1n) is 28.4. The first-order chi connectivity index (χ1) is 33.9. The summed E-state index contributed by atoms with van der Waals surface area (Å²) in [5.74, 6) is -0.618. The summed E-state index contributed by atoms with van der Waals surface area (Å²) in [6.07, 6.45) is 64.1. The Balaban J connectivity index is 5.47. The van der Waals surface area contributed by atoms with Crippen LogP contribution >= 0.6 is 7.82 Å². The number of phosphoric ester groups is 1. The lowest BCUT2D eigenvalue weighted by Gasteiger charge is -2.30. The van der Waals surface area contributed by atoms with Crippen molar-refractivity contribution in [1.29, 1.82) is 0 Å². The van der Waals surface area contributed by atoms with Crippen LogP contribution in [-0.2, 0) is 27.9 Å². The number of nitrogens with one attached hydrogen (secondary N) is 1. The van der Waals surface area contributed by atoms with Gasteiger partial charge in [0.15, 0.2) is 0 Å². The van der Waals surface area contributed by atoms with Crippen molar-refractivity contribution in [3.8, 4) is 0 Å². The van der Waals surface area contributed by atoms with Crippen LogP contribution < -0.4 is 10.2 Å². The normalized spacial score (nSPS) is 14.4. The number of phosphoric acid groups is 1. The van der Waals surface area contributed by atoms with Gasteiger partial charge in [0.2, 0.25) is 5.91 Å². The summed E-state index contributed by atoms with van der Waals surface area (Å²) in [5.41, 5.74) is 0. The van der Waals surface area contributed by atoms with E-state index in [0.29, 0.717) is 23.9 Å². The highest BCUT2D eigenvalue weighted by molar-refractivity contribution is 7.45. The Morgan fingerprint density at radius 2 is 0.929 bits per heavy atom. The number of carbonyl (C=O) groups is 2. The molecule has 10 heteroatoms. The van der Waals surface area contributed by atoms with Crippen molar-refractivity contribution < 1.29 is 37.3 Å². The highest BCUT2D eigenvalue weighted by Crippen LogP contribution is 2.38. The zero-order chi connectivity index (χ0) is 51.5. The minimum absolute atomic E-state index is 0.0368. The average Bonchev–Trinajstić information content (AvgIpc) is 3.32. The fourth-order valence-electron chi connectivity index (χ4n) is 7.67. The smallest absolute Gasteiger partial charge is 0.306 e. The van der Waals surface area contributed by atoms with Gasteiger partial charge < -0.3 is 28.5 Å². The van der Waals surface area contributed by atoms with Crippen molar-refractivity contribution in [1.82, 2.24) is 5.32 Å². The molecule has 0 bridgehead atoms. The number of quaternary nitrogens is 1. The number of allylic oxidation sites excluding steroid dienone is 13. The molecule has 3 unspecified atom stereocenters. The minimum Gasteiger partial charge on any atom is -0.756 e. The lowest BCUT2D eigenvalue weighted by molar-refractivity contribution is -0.870. The number of amides is 1. The van der Waals surface area contributed by atoms with E-state index in [9.17, 15) is 19.0 Å². The fraction of sp³-hybridized carbons (Fsp3) is 0.733. The van der Waals surface area contributed by atoms with Gasteiger partial charge in [-0.2, -0.15) is 0 Å². The molecule has 0 radical (unpaired) electrons. The maximum Gasteiger partial charge on any atom is 0.306 e. The Labute approximate surface area is 431 Å². The third-order valence-electron chi connectivity index (χ3n) is 12.1. The summed E-state index contributed by atoms with van der Waals surface area (Å²) < 4.78 is 30.2. The van der Waals surface area contributed by atoms with Gasteiger partial charge in [-0.15, -0.1) is 0 Å². The van der Waals surface area contributed by atoms with Crippen molar-refractivity contribution in [2.24, 2.45) is 0 Å². The Hall–Kier alpha value is -2.81. The molecule has 0 rings (SSSR count). The number of hydrogen-bond donors (Lipinski definition) is 1. The maximum atomic E-state index is 13.5. The van der Waals surface area contributed by atoms with Crippen LogP contribution in [0.25, 0.3) is 0 Å². The number of esters is 1. The predicted octanol–water partition coefficient (Wildman–Crippen LogP) is 16.4. The second kappa shape index (κ2) is 49.8. The molecule has 0 heterocycles. The van der Waals surface area contributed by atoms with Crippen LogP contribution in [0.3, 0.4) is 0 Å². The summed E-state index contributed by atoms with van der Waals surface area (Å²) in [7, 11) is 1.14. The van der Waals surface area contributed by atoms with Crippen LogP contribution in [0.5, 0.6) is 0 Å². The second-order valence-electron chi connectivity index (χ2n) is 20.1. The monoisotopic (exact) mass is 999 g/mol. The van der Waals surface area contributed by atoms with Crippen molar-refractivity contribution in [3.63, 3.8) is 0 Å². The molecule has 1 N–H and O–H groups in total. The second-order valence-corrected chi connectivity index (χ2v) is 21.5. The van der Waals surface area contributed by atoms with Gasteiger partial charge in [-0.25, -0.2) is 0 Å². The Bertz CT molecular complexity index is 1480. The molecular weight excluding hydrogens is 892 g/mol. The third-order valence-corrected chi connectivity index (χ3v) is 13.0. The standard InChI is InChI=1S/C60H107N2O7P/c1-7-10-13-16-19-22-25-28-30-31-33-34-37-40-43-46-49-52-59(63)61-57(56-68-70(65,66)67-55-54-62(4,5)6)58(51-48-45-42-39-36-27-24-21-18-15-12-9-3)69-60(64)53-50-47-44-41-38-35-32-29-26-23-20-17-14-11-8-2/h10,13,19,22-23,26,28,30,33-34,40,43,48,51,57-58H,7-9,11-12,14-18,20-21,24-25,27,29,31-32,35-39,41-42,44-47,49-50,52-56H2,1-6H3,(H-,61,63,65,66)/b13-10-,22-19-,26-23-,30-28-,34-33-,43-40-,51-48+. The molecule has 0 aromatic heterocycles. The molecule has 0 aliphatic rings. The molecule has 0 aliphatic heterocycles. The highest BCUT2D eigenvalue weighted by atomic mass is 31.2. The quantitative estimate of drug-likeness (QED) is 0.0212. The molecule has 0 saturated heterocycles. The summed E-state index contributed by atoms with van der Waals surface area (Å²) in [4.78, 5) is 39.8. The number of ether oxygens (including phenoxy) is 1. The molecule has 1 amide bonds. The number of nitrogens with zero attached hydrogens (tertiary/aromatic N) is 1.